The third-order valence-electron chi connectivity index (χ3n) is 2.77. The van der Waals surface area contributed by atoms with Crippen molar-refractivity contribution in [1.29, 1.82) is 0 Å². The molecular weight excluding hydrogens is 267 g/mol. The molecule has 0 aliphatic carbocycles. The lowest BCUT2D eigenvalue weighted by Crippen LogP contribution is -2.48. The zero-order valence-corrected chi connectivity index (χ0v) is 11.0. The summed E-state index contributed by atoms with van der Waals surface area (Å²) in [4.78, 5) is 22.0. The fourth-order valence-corrected chi connectivity index (χ4v) is 1.65. The number of aryl methyl sites for hydroxylation is 1. The third-order valence-corrected chi connectivity index (χ3v) is 2.77. The minimum atomic E-state index is -1.33. The number of nitrogens with one attached hydrogen (secondary N) is 2. The van der Waals surface area contributed by atoms with E-state index in [0.29, 0.717) is 6.42 Å². The molecule has 0 saturated heterocycles. The molecular formula is C13H17FN2O4. The molecule has 1 aromatic carbocycles. The van der Waals surface area contributed by atoms with Crippen LogP contribution in [0.3, 0.4) is 0 Å². The highest BCUT2D eigenvalue weighted by Crippen LogP contribution is 2.10. The second kappa shape index (κ2) is 7.44. The summed E-state index contributed by atoms with van der Waals surface area (Å²) in [7, 11) is 0. The molecule has 0 saturated carbocycles. The number of carboxylic acid groups (broad SMARTS) is 1. The molecule has 4 N–H and O–H groups in total. The van der Waals surface area contributed by atoms with E-state index in [-0.39, 0.29) is 12.4 Å². The predicted molar refractivity (Wildman–Crippen MR) is 69.9 cm³/mol. The number of aliphatic hydroxyl groups is 1. The molecule has 1 atom stereocenters. The largest absolute Gasteiger partial charge is 0.480 e. The molecule has 0 aliphatic heterocycles. The summed E-state index contributed by atoms with van der Waals surface area (Å²) in [6, 6.07) is 2.38. The van der Waals surface area contributed by atoms with Crippen molar-refractivity contribution >= 4 is 12.0 Å². The van der Waals surface area contributed by atoms with Gasteiger partial charge >= 0.3 is 12.0 Å². The lowest BCUT2D eigenvalue weighted by molar-refractivity contribution is -0.140. The molecule has 0 aromatic heterocycles. The maximum Gasteiger partial charge on any atom is 0.328 e. The van der Waals surface area contributed by atoms with Gasteiger partial charge in [-0.05, 0) is 36.6 Å². The maximum absolute atomic E-state index is 12.9. The van der Waals surface area contributed by atoms with Crippen LogP contribution in [0.25, 0.3) is 0 Å². The predicted octanol–water partition coefficient (Wildman–Crippen LogP) is 0.421. The number of halogens is 1. The van der Waals surface area contributed by atoms with E-state index in [4.69, 9.17) is 10.2 Å². The average Bonchev–Trinajstić information content (AvgIpc) is 2.38. The van der Waals surface area contributed by atoms with Crippen LogP contribution in [0.15, 0.2) is 18.2 Å². The van der Waals surface area contributed by atoms with Crippen LogP contribution < -0.4 is 10.6 Å². The fraction of sp³-hybridized carbons (Fsp3) is 0.385. The Hall–Kier alpha value is -2.15. The first kappa shape index (κ1) is 15.9. The Morgan fingerprint density at radius 3 is 2.65 bits per heavy atom. The van der Waals surface area contributed by atoms with Gasteiger partial charge in [0.1, 0.15) is 5.82 Å². The smallest absolute Gasteiger partial charge is 0.328 e. The highest BCUT2D eigenvalue weighted by Gasteiger charge is 2.18. The van der Waals surface area contributed by atoms with E-state index in [1.54, 1.807) is 13.0 Å². The van der Waals surface area contributed by atoms with Crippen molar-refractivity contribution in [2.75, 3.05) is 13.2 Å². The van der Waals surface area contributed by atoms with Gasteiger partial charge in [0, 0.05) is 6.54 Å². The average molecular weight is 284 g/mol. The van der Waals surface area contributed by atoms with Gasteiger partial charge in [0.25, 0.3) is 0 Å². The van der Waals surface area contributed by atoms with Gasteiger partial charge in [0.2, 0.25) is 0 Å². The van der Waals surface area contributed by atoms with Crippen molar-refractivity contribution in [3.8, 4) is 0 Å². The van der Waals surface area contributed by atoms with Gasteiger partial charge in [-0.1, -0.05) is 6.07 Å². The molecule has 0 aliphatic rings. The zero-order chi connectivity index (χ0) is 15.1. The first-order valence-electron chi connectivity index (χ1n) is 6.07. The first-order valence-corrected chi connectivity index (χ1v) is 6.07. The number of hydrogen-bond acceptors (Lipinski definition) is 3. The summed E-state index contributed by atoms with van der Waals surface area (Å²) in [6.07, 6.45) is 0.496. The Morgan fingerprint density at radius 1 is 1.40 bits per heavy atom. The van der Waals surface area contributed by atoms with E-state index in [0.717, 1.165) is 11.1 Å². The quantitative estimate of drug-likeness (QED) is 0.608. The van der Waals surface area contributed by atoms with Crippen molar-refractivity contribution in [1.82, 2.24) is 10.6 Å². The highest BCUT2D eigenvalue weighted by molar-refractivity contribution is 5.82. The van der Waals surface area contributed by atoms with Crippen molar-refractivity contribution in [3.63, 3.8) is 0 Å². The van der Waals surface area contributed by atoms with Crippen LogP contribution in [0.1, 0.15) is 11.1 Å². The molecule has 0 bridgehead atoms. The van der Waals surface area contributed by atoms with Gasteiger partial charge < -0.3 is 20.8 Å². The molecule has 20 heavy (non-hydrogen) atoms. The van der Waals surface area contributed by atoms with E-state index in [2.05, 4.69) is 10.6 Å². The van der Waals surface area contributed by atoms with Gasteiger partial charge in [-0.3, -0.25) is 0 Å². The standard InChI is InChI=1S/C13H17FN2O4/c1-8-6-10(14)3-2-9(8)4-5-15-13(20)16-11(7-17)12(18)19/h2-3,6,11,17H,4-5,7H2,1H3,(H,18,19)(H2,15,16,20)/t11-/m1/s1. The number of amides is 2. The number of carboxylic acids is 1. The van der Waals surface area contributed by atoms with Gasteiger partial charge in [-0.2, -0.15) is 0 Å². The Labute approximate surface area is 115 Å². The number of benzene rings is 1. The summed E-state index contributed by atoms with van der Waals surface area (Å²) in [5, 5.41) is 22.0. The number of urea groups is 1. The third kappa shape index (κ3) is 4.85. The van der Waals surface area contributed by atoms with E-state index < -0.39 is 24.6 Å². The molecule has 0 fully saturated rings. The van der Waals surface area contributed by atoms with Crippen LogP contribution in [0.5, 0.6) is 0 Å². The summed E-state index contributed by atoms with van der Waals surface area (Å²) in [6.45, 7) is 1.36. The lowest BCUT2D eigenvalue weighted by Gasteiger charge is -2.13. The Morgan fingerprint density at radius 2 is 2.10 bits per heavy atom. The van der Waals surface area contributed by atoms with Crippen molar-refractivity contribution in [3.05, 3.63) is 35.1 Å². The van der Waals surface area contributed by atoms with E-state index in [9.17, 15) is 14.0 Å². The Balaban J connectivity index is 2.40. The van der Waals surface area contributed by atoms with Gasteiger partial charge in [0.15, 0.2) is 6.04 Å². The minimum absolute atomic E-state index is 0.274. The minimum Gasteiger partial charge on any atom is -0.480 e. The first-order chi connectivity index (χ1) is 9.43. The van der Waals surface area contributed by atoms with Crippen LogP contribution in [0.2, 0.25) is 0 Å². The molecule has 0 spiro atoms. The van der Waals surface area contributed by atoms with Crippen LogP contribution in [0, 0.1) is 12.7 Å². The number of hydrogen-bond donors (Lipinski definition) is 4. The number of rotatable bonds is 6. The van der Waals surface area contributed by atoms with Gasteiger partial charge in [-0.15, -0.1) is 0 Å². The molecule has 6 nitrogen and oxygen atoms in total. The van der Waals surface area contributed by atoms with Crippen LogP contribution >= 0.6 is 0 Å². The summed E-state index contributed by atoms with van der Waals surface area (Å²) in [5.41, 5.74) is 1.68. The topological polar surface area (TPSA) is 98.7 Å². The van der Waals surface area contributed by atoms with Gasteiger partial charge in [0.05, 0.1) is 6.61 Å². The number of aliphatic hydroxyl groups excluding tert-OH is 1. The molecule has 0 radical (unpaired) electrons. The highest BCUT2D eigenvalue weighted by atomic mass is 19.1. The Bertz CT molecular complexity index is 493. The number of carbonyl (C=O) groups is 2. The second-order valence-electron chi connectivity index (χ2n) is 4.29. The zero-order valence-electron chi connectivity index (χ0n) is 11.0. The maximum atomic E-state index is 12.9. The second-order valence-corrected chi connectivity index (χ2v) is 4.29. The fourth-order valence-electron chi connectivity index (χ4n) is 1.65. The van der Waals surface area contributed by atoms with Crippen molar-refractivity contribution < 1.29 is 24.2 Å². The Kier molecular flexibility index (Phi) is 5.92. The van der Waals surface area contributed by atoms with Crippen molar-refractivity contribution in [2.45, 2.75) is 19.4 Å². The van der Waals surface area contributed by atoms with E-state index >= 15 is 0 Å². The lowest BCUT2D eigenvalue weighted by atomic mass is 10.1. The summed E-state index contributed by atoms with van der Waals surface area (Å²) >= 11 is 0. The molecule has 1 rings (SSSR count). The normalized spacial score (nSPS) is 11.8. The van der Waals surface area contributed by atoms with Gasteiger partial charge in [-0.25, -0.2) is 14.0 Å². The molecule has 0 unspecified atom stereocenters. The number of carbonyl (C=O) groups excluding carboxylic acids is 1. The molecule has 0 heterocycles. The molecule has 1 aromatic rings. The SMILES string of the molecule is Cc1cc(F)ccc1CCNC(=O)N[C@H](CO)C(=O)O. The summed E-state index contributed by atoms with van der Waals surface area (Å²) < 4.78 is 12.9. The van der Waals surface area contributed by atoms with Crippen molar-refractivity contribution in [2.24, 2.45) is 0 Å². The van der Waals surface area contributed by atoms with Crippen LogP contribution in [-0.2, 0) is 11.2 Å². The summed E-state index contributed by atoms with van der Waals surface area (Å²) in [5.74, 6) is -1.62. The molecule has 7 heteroatoms. The number of aliphatic carboxylic acids is 1. The van der Waals surface area contributed by atoms with Crippen LogP contribution in [0.4, 0.5) is 9.18 Å². The molecule has 2 amide bonds. The molecule has 110 valence electrons. The van der Waals surface area contributed by atoms with E-state index in [1.807, 2.05) is 0 Å². The van der Waals surface area contributed by atoms with Crippen LogP contribution in [-0.4, -0.2) is 41.4 Å². The van der Waals surface area contributed by atoms with E-state index in [1.165, 1.54) is 12.1 Å². The monoisotopic (exact) mass is 284 g/mol.